The van der Waals surface area contributed by atoms with Crippen LogP contribution < -0.4 is 11.1 Å². The summed E-state index contributed by atoms with van der Waals surface area (Å²) < 4.78 is 0. The van der Waals surface area contributed by atoms with Crippen LogP contribution >= 0.6 is 0 Å². The lowest BCUT2D eigenvalue weighted by Crippen LogP contribution is -2.54. The lowest BCUT2D eigenvalue weighted by molar-refractivity contribution is -0.385. The lowest BCUT2D eigenvalue weighted by Gasteiger charge is -2.38. The quantitative estimate of drug-likeness (QED) is 0.635. The van der Waals surface area contributed by atoms with Gasteiger partial charge in [0, 0.05) is 18.2 Å². The van der Waals surface area contributed by atoms with Crippen LogP contribution in [0.3, 0.4) is 0 Å². The maximum atomic E-state index is 12.0. The molecule has 19 heavy (non-hydrogen) atoms. The van der Waals surface area contributed by atoms with Crippen molar-refractivity contribution in [3.8, 4) is 0 Å². The van der Waals surface area contributed by atoms with E-state index in [-0.39, 0.29) is 16.8 Å². The predicted octanol–water partition coefficient (Wildman–Crippen LogP) is 1.51. The highest BCUT2D eigenvalue weighted by Gasteiger charge is 2.33. The van der Waals surface area contributed by atoms with Crippen LogP contribution in [0.1, 0.15) is 35.2 Å². The summed E-state index contributed by atoms with van der Waals surface area (Å²) in [5.74, 6) is -0.438. The summed E-state index contributed by atoms with van der Waals surface area (Å²) in [7, 11) is 0. The zero-order chi connectivity index (χ0) is 14.0. The van der Waals surface area contributed by atoms with Crippen LogP contribution in [0.2, 0.25) is 0 Å². The molecule has 0 radical (unpaired) electrons. The molecule has 3 N–H and O–H groups in total. The van der Waals surface area contributed by atoms with E-state index in [1.165, 1.54) is 12.1 Å². The molecule has 2 rings (SSSR count). The highest BCUT2D eigenvalue weighted by Crippen LogP contribution is 2.28. The van der Waals surface area contributed by atoms with Gasteiger partial charge in [0.05, 0.1) is 4.92 Å². The molecule has 0 aliphatic heterocycles. The van der Waals surface area contributed by atoms with E-state index in [2.05, 4.69) is 5.32 Å². The minimum atomic E-state index is -0.546. The Bertz CT molecular complexity index is 524. The molecule has 1 aromatic carbocycles. The van der Waals surface area contributed by atoms with Crippen LogP contribution in [-0.4, -0.2) is 22.9 Å². The number of hydrogen-bond acceptors (Lipinski definition) is 4. The average molecular weight is 263 g/mol. The Morgan fingerprint density at radius 1 is 1.53 bits per heavy atom. The second-order valence-corrected chi connectivity index (χ2v) is 5.18. The van der Waals surface area contributed by atoms with Gasteiger partial charge < -0.3 is 11.1 Å². The summed E-state index contributed by atoms with van der Waals surface area (Å²) in [5.41, 5.74) is 6.39. The molecule has 0 spiro atoms. The van der Waals surface area contributed by atoms with Gasteiger partial charge in [0.15, 0.2) is 0 Å². The lowest BCUT2D eigenvalue weighted by atomic mass is 9.78. The fraction of sp³-hybridized carbons (Fsp3) is 0.462. The number of carbonyl (C=O) groups is 1. The van der Waals surface area contributed by atoms with Gasteiger partial charge in [0.1, 0.15) is 5.56 Å². The molecule has 102 valence electrons. The van der Waals surface area contributed by atoms with Crippen molar-refractivity contribution >= 4 is 11.6 Å². The number of hydrogen-bond donors (Lipinski definition) is 2. The highest BCUT2D eigenvalue weighted by molar-refractivity contribution is 5.98. The predicted molar refractivity (Wildman–Crippen MR) is 70.9 cm³/mol. The van der Waals surface area contributed by atoms with Crippen LogP contribution in [-0.2, 0) is 0 Å². The number of amides is 1. The molecule has 0 unspecified atom stereocenters. The van der Waals surface area contributed by atoms with Crippen molar-refractivity contribution < 1.29 is 9.72 Å². The van der Waals surface area contributed by atoms with E-state index in [0.717, 1.165) is 24.8 Å². The number of nitro groups is 1. The summed E-state index contributed by atoms with van der Waals surface area (Å²) in [6.07, 6.45) is 2.82. The molecule has 6 heteroatoms. The number of nitrogens with one attached hydrogen (secondary N) is 1. The second kappa shape index (κ2) is 4.97. The fourth-order valence-corrected chi connectivity index (χ4v) is 2.15. The van der Waals surface area contributed by atoms with Crippen molar-refractivity contribution in [2.45, 2.75) is 31.7 Å². The third kappa shape index (κ3) is 2.90. The number of aryl methyl sites for hydroxylation is 1. The Kier molecular flexibility index (Phi) is 3.53. The molecule has 1 fully saturated rings. The third-order valence-corrected chi connectivity index (χ3v) is 3.54. The highest BCUT2D eigenvalue weighted by atomic mass is 16.6. The molecular formula is C13H17N3O3. The van der Waals surface area contributed by atoms with E-state index in [0.29, 0.717) is 6.54 Å². The van der Waals surface area contributed by atoms with E-state index < -0.39 is 10.8 Å². The largest absolute Gasteiger partial charge is 0.350 e. The number of benzene rings is 1. The van der Waals surface area contributed by atoms with E-state index in [1.807, 2.05) is 0 Å². The SMILES string of the molecule is Cc1ccc([N+](=O)[O-])c(C(=O)NCC2(N)CCC2)c1. The van der Waals surface area contributed by atoms with Gasteiger partial charge >= 0.3 is 0 Å². The third-order valence-electron chi connectivity index (χ3n) is 3.54. The topological polar surface area (TPSA) is 98.3 Å². The number of nitrogens with zero attached hydrogens (tertiary/aromatic N) is 1. The van der Waals surface area contributed by atoms with E-state index in [4.69, 9.17) is 5.73 Å². The molecule has 0 heterocycles. The average Bonchev–Trinajstić information content (AvgIpc) is 2.33. The van der Waals surface area contributed by atoms with Crippen LogP contribution in [0.4, 0.5) is 5.69 Å². The molecular weight excluding hydrogens is 246 g/mol. The number of nitrogens with two attached hydrogens (primary N) is 1. The van der Waals surface area contributed by atoms with Gasteiger partial charge in [-0.2, -0.15) is 0 Å². The maximum absolute atomic E-state index is 12.0. The van der Waals surface area contributed by atoms with Crippen LogP contribution in [0.25, 0.3) is 0 Å². The summed E-state index contributed by atoms with van der Waals surface area (Å²) in [6, 6.07) is 4.49. The molecule has 1 saturated carbocycles. The molecule has 1 amide bonds. The van der Waals surface area contributed by atoms with Crippen LogP contribution in [0.15, 0.2) is 18.2 Å². The van der Waals surface area contributed by atoms with E-state index in [9.17, 15) is 14.9 Å². The van der Waals surface area contributed by atoms with Gasteiger partial charge in [0.25, 0.3) is 11.6 Å². The van der Waals surface area contributed by atoms with Crippen molar-refractivity contribution in [3.63, 3.8) is 0 Å². The smallest absolute Gasteiger partial charge is 0.282 e. The Morgan fingerprint density at radius 2 is 2.21 bits per heavy atom. The Morgan fingerprint density at radius 3 is 2.74 bits per heavy atom. The molecule has 6 nitrogen and oxygen atoms in total. The summed E-state index contributed by atoms with van der Waals surface area (Å²) in [5, 5.41) is 13.6. The number of nitro benzene ring substituents is 1. The molecule has 0 atom stereocenters. The van der Waals surface area contributed by atoms with Crippen molar-refractivity contribution in [1.29, 1.82) is 0 Å². The Balaban J connectivity index is 2.13. The zero-order valence-corrected chi connectivity index (χ0v) is 10.8. The van der Waals surface area contributed by atoms with E-state index in [1.54, 1.807) is 13.0 Å². The standard InChI is InChI=1S/C13H17N3O3/c1-9-3-4-11(16(18)19)10(7-9)12(17)15-8-13(14)5-2-6-13/h3-4,7H,2,5-6,8,14H2,1H3,(H,15,17). The van der Waals surface area contributed by atoms with Crippen LogP contribution in [0.5, 0.6) is 0 Å². The van der Waals surface area contributed by atoms with E-state index >= 15 is 0 Å². The summed E-state index contributed by atoms with van der Waals surface area (Å²) in [6.45, 7) is 2.15. The van der Waals surface area contributed by atoms with Crippen molar-refractivity contribution in [2.75, 3.05) is 6.54 Å². The van der Waals surface area contributed by atoms with Crippen molar-refractivity contribution in [3.05, 3.63) is 39.4 Å². The van der Waals surface area contributed by atoms with Gasteiger partial charge in [-0.3, -0.25) is 14.9 Å². The fourth-order valence-electron chi connectivity index (χ4n) is 2.15. The molecule has 1 aliphatic rings. The molecule has 1 aromatic rings. The maximum Gasteiger partial charge on any atom is 0.282 e. The van der Waals surface area contributed by atoms with Crippen molar-refractivity contribution in [2.24, 2.45) is 5.73 Å². The Labute approximate surface area is 111 Å². The first kappa shape index (κ1) is 13.5. The van der Waals surface area contributed by atoms with Gasteiger partial charge in [0.2, 0.25) is 0 Å². The minimum Gasteiger partial charge on any atom is -0.350 e. The molecule has 0 saturated heterocycles. The van der Waals surface area contributed by atoms with Gasteiger partial charge in [-0.15, -0.1) is 0 Å². The number of rotatable bonds is 4. The molecule has 0 aromatic heterocycles. The normalized spacial score (nSPS) is 16.5. The number of carbonyl (C=O) groups excluding carboxylic acids is 1. The summed E-state index contributed by atoms with van der Waals surface area (Å²) in [4.78, 5) is 22.4. The molecule has 1 aliphatic carbocycles. The first-order chi connectivity index (χ1) is 8.91. The minimum absolute atomic E-state index is 0.0907. The summed E-state index contributed by atoms with van der Waals surface area (Å²) >= 11 is 0. The first-order valence-corrected chi connectivity index (χ1v) is 6.23. The van der Waals surface area contributed by atoms with Gasteiger partial charge in [-0.05, 0) is 37.8 Å². The van der Waals surface area contributed by atoms with Gasteiger partial charge in [-0.25, -0.2) is 0 Å². The van der Waals surface area contributed by atoms with Gasteiger partial charge in [-0.1, -0.05) is 6.07 Å². The Hall–Kier alpha value is -1.95. The van der Waals surface area contributed by atoms with Crippen molar-refractivity contribution in [1.82, 2.24) is 5.32 Å². The second-order valence-electron chi connectivity index (χ2n) is 5.18. The zero-order valence-electron chi connectivity index (χ0n) is 10.8. The van der Waals surface area contributed by atoms with Crippen LogP contribution in [0, 0.1) is 17.0 Å². The molecule has 0 bridgehead atoms. The monoisotopic (exact) mass is 263 g/mol. The first-order valence-electron chi connectivity index (χ1n) is 6.23.